The molecule has 0 N–H and O–H groups in total. The summed E-state index contributed by atoms with van der Waals surface area (Å²) in [6, 6.07) is 19.1. The Kier molecular flexibility index (Phi) is 7.22. The first kappa shape index (κ1) is 23.0. The number of hydrogen-bond donors (Lipinski definition) is 0. The van der Waals surface area contributed by atoms with E-state index in [9.17, 15) is 14.4 Å². The lowest BCUT2D eigenvalue weighted by molar-refractivity contribution is 0.0530. The van der Waals surface area contributed by atoms with Crippen LogP contribution in [0.2, 0.25) is 0 Å². The van der Waals surface area contributed by atoms with E-state index in [1.54, 1.807) is 41.2 Å². The molecular formula is C25H26N4O5. The Morgan fingerprint density at radius 1 is 0.853 bits per heavy atom. The third kappa shape index (κ3) is 5.43. The van der Waals surface area contributed by atoms with Gasteiger partial charge >= 0.3 is 0 Å². The molecule has 34 heavy (non-hydrogen) atoms. The highest BCUT2D eigenvalue weighted by Gasteiger charge is 2.26. The summed E-state index contributed by atoms with van der Waals surface area (Å²) in [5.41, 5.74) is 0.430. The molecule has 1 saturated heterocycles. The maximum atomic E-state index is 13.0. The van der Waals surface area contributed by atoms with E-state index in [1.165, 1.54) is 16.8 Å². The van der Waals surface area contributed by atoms with Crippen molar-refractivity contribution in [3.05, 3.63) is 88.3 Å². The van der Waals surface area contributed by atoms with E-state index in [0.717, 1.165) is 0 Å². The number of ether oxygens (including phenoxy) is 2. The average Bonchev–Trinajstić information content (AvgIpc) is 2.89. The molecule has 0 atom stereocenters. The number of hydrogen-bond acceptors (Lipinski definition) is 6. The first-order valence-corrected chi connectivity index (χ1v) is 11.0. The Balaban J connectivity index is 1.34. The van der Waals surface area contributed by atoms with Crippen LogP contribution in [0.3, 0.4) is 0 Å². The van der Waals surface area contributed by atoms with Crippen LogP contribution in [-0.2, 0) is 6.54 Å². The van der Waals surface area contributed by atoms with E-state index in [2.05, 4.69) is 5.10 Å². The van der Waals surface area contributed by atoms with Gasteiger partial charge in [-0.05, 0) is 36.4 Å². The lowest BCUT2D eigenvalue weighted by atomic mass is 10.1. The molecule has 4 rings (SSSR count). The zero-order valence-electron chi connectivity index (χ0n) is 18.9. The molecule has 3 aromatic rings. The SMILES string of the molecule is COc1cccc(C(=O)N2CCN(C(=O)c3ccc(=O)n(CCOc4ccccc4)n3)CC2)c1. The van der Waals surface area contributed by atoms with Crippen LogP contribution >= 0.6 is 0 Å². The standard InChI is InChI=1S/C25H26N4O5/c1-33-21-9-5-6-19(18-21)24(31)27-12-14-28(15-13-27)25(32)22-10-11-23(30)29(26-22)16-17-34-20-7-3-2-4-8-20/h2-11,18H,12-17H2,1H3. The van der Waals surface area contributed by atoms with Gasteiger partial charge in [0.1, 0.15) is 23.8 Å². The molecule has 1 fully saturated rings. The van der Waals surface area contributed by atoms with Gasteiger partial charge in [-0.15, -0.1) is 0 Å². The van der Waals surface area contributed by atoms with Crippen molar-refractivity contribution in [3.8, 4) is 11.5 Å². The normalized spacial score (nSPS) is 13.4. The number of carbonyl (C=O) groups is 2. The molecule has 176 valence electrons. The Labute approximate surface area is 197 Å². The van der Waals surface area contributed by atoms with Crippen LogP contribution in [0.4, 0.5) is 0 Å². The van der Waals surface area contributed by atoms with Gasteiger partial charge in [-0.25, -0.2) is 4.68 Å². The van der Waals surface area contributed by atoms with Crippen molar-refractivity contribution < 1.29 is 19.1 Å². The van der Waals surface area contributed by atoms with Gasteiger partial charge in [0.2, 0.25) is 0 Å². The summed E-state index contributed by atoms with van der Waals surface area (Å²) in [5, 5.41) is 4.24. The minimum atomic E-state index is -0.304. The first-order valence-electron chi connectivity index (χ1n) is 11.0. The Morgan fingerprint density at radius 2 is 1.53 bits per heavy atom. The molecule has 2 aromatic carbocycles. The van der Waals surface area contributed by atoms with Crippen molar-refractivity contribution in [3.63, 3.8) is 0 Å². The second-order valence-corrected chi connectivity index (χ2v) is 7.76. The molecule has 1 aromatic heterocycles. The van der Waals surface area contributed by atoms with Gasteiger partial charge in [0, 0.05) is 37.8 Å². The van der Waals surface area contributed by atoms with Crippen LogP contribution in [0.1, 0.15) is 20.8 Å². The second kappa shape index (κ2) is 10.7. The number of carbonyl (C=O) groups excluding carboxylic acids is 2. The first-order chi connectivity index (χ1) is 16.5. The lowest BCUT2D eigenvalue weighted by Crippen LogP contribution is -2.51. The third-order valence-corrected chi connectivity index (χ3v) is 5.57. The Morgan fingerprint density at radius 3 is 2.24 bits per heavy atom. The van der Waals surface area contributed by atoms with Crippen molar-refractivity contribution >= 4 is 11.8 Å². The molecule has 0 bridgehead atoms. The zero-order chi connectivity index (χ0) is 23.9. The summed E-state index contributed by atoms with van der Waals surface area (Å²) in [4.78, 5) is 41.3. The molecule has 0 radical (unpaired) electrons. The smallest absolute Gasteiger partial charge is 0.274 e. The molecule has 2 heterocycles. The summed E-state index contributed by atoms with van der Waals surface area (Å²) in [6.45, 7) is 2.05. The van der Waals surface area contributed by atoms with Gasteiger partial charge in [0.05, 0.1) is 13.7 Å². The molecule has 9 heteroatoms. The number of para-hydroxylation sites is 1. The average molecular weight is 463 g/mol. The van der Waals surface area contributed by atoms with Crippen molar-refractivity contribution in [2.45, 2.75) is 6.54 Å². The number of piperazine rings is 1. The van der Waals surface area contributed by atoms with Crippen LogP contribution in [-0.4, -0.2) is 71.3 Å². The van der Waals surface area contributed by atoms with Crippen LogP contribution < -0.4 is 15.0 Å². The lowest BCUT2D eigenvalue weighted by Gasteiger charge is -2.34. The van der Waals surface area contributed by atoms with Crippen LogP contribution in [0.5, 0.6) is 11.5 Å². The van der Waals surface area contributed by atoms with E-state index in [1.807, 2.05) is 30.3 Å². The molecule has 2 amide bonds. The summed E-state index contributed by atoms with van der Waals surface area (Å²) < 4.78 is 12.1. The molecule has 1 aliphatic heterocycles. The van der Waals surface area contributed by atoms with Crippen molar-refractivity contribution in [1.82, 2.24) is 19.6 Å². The van der Waals surface area contributed by atoms with Gasteiger partial charge < -0.3 is 19.3 Å². The molecule has 0 spiro atoms. The predicted molar refractivity (Wildman–Crippen MR) is 125 cm³/mol. The van der Waals surface area contributed by atoms with E-state index in [4.69, 9.17) is 9.47 Å². The summed E-state index contributed by atoms with van der Waals surface area (Å²) in [5.74, 6) is 0.946. The van der Waals surface area contributed by atoms with Crippen molar-refractivity contribution in [2.24, 2.45) is 0 Å². The minimum absolute atomic E-state index is 0.101. The van der Waals surface area contributed by atoms with E-state index < -0.39 is 0 Å². The summed E-state index contributed by atoms with van der Waals surface area (Å²) in [7, 11) is 1.56. The molecule has 0 aliphatic carbocycles. The fraction of sp³-hybridized carbons (Fsp3) is 0.280. The summed E-state index contributed by atoms with van der Waals surface area (Å²) in [6.07, 6.45) is 0. The molecule has 1 aliphatic rings. The van der Waals surface area contributed by atoms with Crippen molar-refractivity contribution in [1.29, 1.82) is 0 Å². The van der Waals surface area contributed by atoms with Gasteiger partial charge in [-0.2, -0.15) is 5.10 Å². The third-order valence-electron chi connectivity index (χ3n) is 5.57. The maximum absolute atomic E-state index is 13.0. The van der Waals surface area contributed by atoms with Gasteiger partial charge in [-0.1, -0.05) is 24.3 Å². The quantitative estimate of drug-likeness (QED) is 0.533. The van der Waals surface area contributed by atoms with Crippen LogP contribution in [0.25, 0.3) is 0 Å². The van der Waals surface area contributed by atoms with Gasteiger partial charge in [-0.3, -0.25) is 14.4 Å². The molecule has 9 nitrogen and oxygen atoms in total. The largest absolute Gasteiger partial charge is 0.497 e. The highest BCUT2D eigenvalue weighted by molar-refractivity contribution is 5.95. The number of rotatable bonds is 7. The van der Waals surface area contributed by atoms with Gasteiger partial charge in [0.25, 0.3) is 17.4 Å². The van der Waals surface area contributed by atoms with Crippen LogP contribution in [0, 0.1) is 0 Å². The van der Waals surface area contributed by atoms with E-state index >= 15 is 0 Å². The number of benzene rings is 2. The van der Waals surface area contributed by atoms with E-state index in [0.29, 0.717) is 43.2 Å². The molecule has 0 unspecified atom stereocenters. The number of aromatic nitrogens is 2. The topological polar surface area (TPSA) is 94.0 Å². The highest BCUT2D eigenvalue weighted by atomic mass is 16.5. The predicted octanol–water partition coefficient (Wildman–Crippen LogP) is 1.93. The van der Waals surface area contributed by atoms with Crippen molar-refractivity contribution in [2.75, 3.05) is 39.9 Å². The zero-order valence-corrected chi connectivity index (χ0v) is 18.9. The Bertz CT molecular complexity index is 1200. The Hall–Kier alpha value is -4.14. The monoisotopic (exact) mass is 462 g/mol. The maximum Gasteiger partial charge on any atom is 0.274 e. The number of methoxy groups -OCH3 is 1. The number of nitrogens with zero attached hydrogens (tertiary/aromatic N) is 4. The van der Waals surface area contributed by atoms with Crippen LogP contribution in [0.15, 0.2) is 71.5 Å². The van der Waals surface area contributed by atoms with E-state index in [-0.39, 0.29) is 36.2 Å². The summed E-state index contributed by atoms with van der Waals surface area (Å²) >= 11 is 0. The second-order valence-electron chi connectivity index (χ2n) is 7.76. The fourth-order valence-corrected chi connectivity index (χ4v) is 3.70. The van der Waals surface area contributed by atoms with Gasteiger partial charge in [0.15, 0.2) is 0 Å². The fourth-order valence-electron chi connectivity index (χ4n) is 3.70. The number of amides is 2. The molecule has 0 saturated carbocycles. The highest BCUT2D eigenvalue weighted by Crippen LogP contribution is 2.16. The minimum Gasteiger partial charge on any atom is -0.497 e. The molecular weight excluding hydrogens is 436 g/mol.